The molecule has 12 N–H and O–H groups in total. The number of hydrogen-bond acceptors (Lipinski definition) is 8. The van der Waals surface area contributed by atoms with Crippen molar-refractivity contribution in [2.75, 3.05) is 0 Å². The van der Waals surface area contributed by atoms with Crippen molar-refractivity contribution in [1.29, 1.82) is 0 Å². The summed E-state index contributed by atoms with van der Waals surface area (Å²) < 4.78 is 0. The van der Waals surface area contributed by atoms with Crippen molar-refractivity contribution in [1.82, 2.24) is 0 Å². The van der Waals surface area contributed by atoms with Gasteiger partial charge < -0.3 is 22.9 Å². The fourth-order valence-electron chi connectivity index (χ4n) is 0.398. The molecule has 0 aromatic heterocycles. The monoisotopic (exact) mass is 166 g/mol. The second-order valence-corrected chi connectivity index (χ2v) is 2.11. The molecule has 8 heteroatoms. The minimum atomic E-state index is -1.62. The molecule has 68 valence electrons. The summed E-state index contributed by atoms with van der Waals surface area (Å²) in [4.78, 5) is 8.30. The molecule has 0 aromatic carbocycles. The minimum absolute atomic E-state index is 1.15. The van der Waals surface area contributed by atoms with E-state index in [2.05, 4.69) is 9.68 Å². The van der Waals surface area contributed by atoms with Crippen LogP contribution in [0.1, 0.15) is 0 Å². The van der Waals surface area contributed by atoms with Crippen molar-refractivity contribution in [2.45, 2.75) is 18.1 Å². The molecule has 2 atom stereocenters. The van der Waals surface area contributed by atoms with Gasteiger partial charge in [0, 0.05) is 0 Å². The van der Waals surface area contributed by atoms with Crippen LogP contribution in [0, 0.1) is 0 Å². The first-order chi connectivity index (χ1) is 4.96. The largest absolute Gasteiger partial charge is 0.307 e. The molecule has 0 bridgehead atoms. The van der Waals surface area contributed by atoms with E-state index in [-0.39, 0.29) is 0 Å². The Morgan fingerprint density at radius 2 is 1.18 bits per heavy atom. The standard InChI is InChI=1S/C3H14N6O2/c4-1(10-8)3(6,7)2(5)11-9/h1-2H,4-9H2. The van der Waals surface area contributed by atoms with Gasteiger partial charge in [-0.1, -0.05) is 0 Å². The van der Waals surface area contributed by atoms with E-state index in [1.54, 1.807) is 0 Å². The van der Waals surface area contributed by atoms with Gasteiger partial charge in [-0.05, 0) is 0 Å². The van der Waals surface area contributed by atoms with Gasteiger partial charge in [-0.25, -0.2) is 11.8 Å². The Kier molecular flexibility index (Phi) is 3.78. The van der Waals surface area contributed by atoms with Crippen LogP contribution < -0.4 is 34.7 Å². The molecule has 0 spiro atoms. The van der Waals surface area contributed by atoms with Gasteiger partial charge in [0.15, 0.2) is 12.5 Å². The Bertz CT molecular complexity index is 106. The quantitative estimate of drug-likeness (QED) is 0.180. The molecule has 0 saturated heterocycles. The second-order valence-electron chi connectivity index (χ2n) is 2.11. The minimum Gasteiger partial charge on any atom is -0.307 e. The van der Waals surface area contributed by atoms with Crippen LogP contribution in [0.25, 0.3) is 0 Å². The van der Waals surface area contributed by atoms with E-state index < -0.39 is 18.1 Å². The third-order valence-corrected chi connectivity index (χ3v) is 1.28. The smallest absolute Gasteiger partial charge is 0.162 e. The lowest BCUT2D eigenvalue weighted by atomic mass is 10.1. The molecule has 8 nitrogen and oxygen atoms in total. The first-order valence-electron chi connectivity index (χ1n) is 2.76. The molecule has 0 aliphatic heterocycles. The van der Waals surface area contributed by atoms with Crippen LogP contribution in [-0.2, 0) is 9.68 Å². The molecule has 11 heavy (non-hydrogen) atoms. The van der Waals surface area contributed by atoms with Crippen molar-refractivity contribution < 1.29 is 9.68 Å². The first-order valence-corrected chi connectivity index (χ1v) is 2.76. The van der Waals surface area contributed by atoms with E-state index in [0.29, 0.717) is 0 Å². The topological polar surface area (TPSA) is 175 Å². The highest BCUT2D eigenvalue weighted by molar-refractivity contribution is 4.87. The van der Waals surface area contributed by atoms with Crippen LogP contribution >= 0.6 is 0 Å². The highest BCUT2D eigenvalue weighted by atomic mass is 16.6. The summed E-state index contributed by atoms with van der Waals surface area (Å²) in [7, 11) is 0. The molecule has 0 heterocycles. The summed E-state index contributed by atoms with van der Waals surface area (Å²) in [5.74, 6) is 9.43. The van der Waals surface area contributed by atoms with E-state index in [1.165, 1.54) is 0 Å². The molecule has 0 rings (SSSR count). The SMILES string of the molecule is NOC(N)C(N)(N)C(N)ON. The molecule has 0 radical (unpaired) electrons. The third kappa shape index (κ3) is 2.32. The lowest BCUT2D eigenvalue weighted by Crippen LogP contribution is -2.73. The van der Waals surface area contributed by atoms with Crippen molar-refractivity contribution in [3.63, 3.8) is 0 Å². The highest BCUT2D eigenvalue weighted by Gasteiger charge is 2.36. The van der Waals surface area contributed by atoms with Crippen molar-refractivity contribution in [3.05, 3.63) is 0 Å². The number of hydrogen-bond donors (Lipinski definition) is 6. The molecule has 0 aliphatic carbocycles. The predicted molar refractivity (Wildman–Crippen MR) is 37.6 cm³/mol. The lowest BCUT2D eigenvalue weighted by Gasteiger charge is -2.32. The van der Waals surface area contributed by atoms with Crippen LogP contribution in [0.5, 0.6) is 0 Å². The van der Waals surface area contributed by atoms with Crippen LogP contribution in [0.4, 0.5) is 0 Å². The molecular weight excluding hydrogens is 152 g/mol. The van der Waals surface area contributed by atoms with Gasteiger partial charge in [-0.3, -0.25) is 9.68 Å². The molecule has 0 fully saturated rings. The zero-order chi connectivity index (χ0) is 9.07. The Balaban J connectivity index is 4.18. The average molecular weight is 166 g/mol. The van der Waals surface area contributed by atoms with Gasteiger partial charge in [0.1, 0.15) is 5.66 Å². The average Bonchev–Trinajstić information content (AvgIpc) is 2.01. The Hall–Kier alpha value is -0.320. The Labute approximate surface area is 63.6 Å². The third-order valence-electron chi connectivity index (χ3n) is 1.28. The first kappa shape index (κ1) is 10.7. The maximum absolute atomic E-state index is 5.34. The van der Waals surface area contributed by atoms with Gasteiger partial charge in [0.25, 0.3) is 0 Å². The van der Waals surface area contributed by atoms with Crippen LogP contribution in [0.15, 0.2) is 0 Å². The molecule has 0 amide bonds. The fraction of sp³-hybridized carbons (Fsp3) is 1.00. The molecule has 0 saturated carbocycles. The summed E-state index contributed by atoms with van der Waals surface area (Å²) in [6.07, 6.45) is -2.30. The van der Waals surface area contributed by atoms with Crippen molar-refractivity contribution in [3.8, 4) is 0 Å². The van der Waals surface area contributed by atoms with E-state index in [0.717, 1.165) is 0 Å². The van der Waals surface area contributed by atoms with E-state index in [1.807, 2.05) is 0 Å². The summed E-state index contributed by atoms with van der Waals surface area (Å²) in [5, 5.41) is 0. The molecular formula is C3H14N6O2. The maximum Gasteiger partial charge on any atom is 0.162 e. The van der Waals surface area contributed by atoms with Crippen LogP contribution in [0.3, 0.4) is 0 Å². The van der Waals surface area contributed by atoms with Gasteiger partial charge in [0.05, 0.1) is 0 Å². The van der Waals surface area contributed by atoms with Gasteiger partial charge >= 0.3 is 0 Å². The van der Waals surface area contributed by atoms with Crippen LogP contribution in [-0.4, -0.2) is 18.1 Å². The van der Waals surface area contributed by atoms with Gasteiger partial charge in [-0.15, -0.1) is 0 Å². The van der Waals surface area contributed by atoms with Crippen LogP contribution in [0.2, 0.25) is 0 Å². The Morgan fingerprint density at radius 1 is 0.909 bits per heavy atom. The summed E-state index contributed by atoms with van der Waals surface area (Å²) in [6, 6.07) is 0. The lowest BCUT2D eigenvalue weighted by molar-refractivity contribution is -0.0772. The zero-order valence-electron chi connectivity index (χ0n) is 5.94. The van der Waals surface area contributed by atoms with Crippen molar-refractivity contribution in [2.24, 2.45) is 34.7 Å². The second kappa shape index (κ2) is 3.90. The summed E-state index contributed by atoms with van der Waals surface area (Å²) >= 11 is 0. The van der Waals surface area contributed by atoms with E-state index >= 15 is 0 Å². The van der Waals surface area contributed by atoms with E-state index in [4.69, 9.17) is 34.7 Å². The maximum atomic E-state index is 5.34. The number of nitrogens with two attached hydrogens (primary N) is 6. The molecule has 0 aliphatic rings. The Morgan fingerprint density at radius 3 is 1.36 bits per heavy atom. The highest BCUT2D eigenvalue weighted by Crippen LogP contribution is 2.00. The summed E-state index contributed by atoms with van der Waals surface area (Å²) in [6.45, 7) is 0. The normalized spacial score (nSPS) is 18.0. The molecule has 2 unspecified atom stereocenters. The van der Waals surface area contributed by atoms with Crippen molar-refractivity contribution >= 4 is 0 Å². The summed E-state index contributed by atoms with van der Waals surface area (Å²) in [5.41, 5.74) is 19.5. The van der Waals surface area contributed by atoms with Gasteiger partial charge in [0.2, 0.25) is 0 Å². The number of rotatable bonds is 4. The molecule has 0 aromatic rings. The van der Waals surface area contributed by atoms with E-state index in [9.17, 15) is 0 Å². The zero-order valence-corrected chi connectivity index (χ0v) is 5.94. The predicted octanol–water partition coefficient (Wildman–Crippen LogP) is -4.05. The fourth-order valence-corrected chi connectivity index (χ4v) is 0.398. The van der Waals surface area contributed by atoms with Gasteiger partial charge in [-0.2, -0.15) is 0 Å².